The lowest BCUT2D eigenvalue weighted by Gasteiger charge is -2.19. The Labute approximate surface area is 125 Å². The Morgan fingerprint density at radius 1 is 1.15 bits per heavy atom. The first-order chi connectivity index (χ1) is 9.78. The van der Waals surface area contributed by atoms with E-state index in [9.17, 15) is 0 Å². The molecule has 106 valence electrons. The fourth-order valence-electron chi connectivity index (χ4n) is 2.95. The molecule has 0 unspecified atom stereocenters. The van der Waals surface area contributed by atoms with Gasteiger partial charge in [-0.3, -0.25) is 4.84 Å². The number of anilines is 1. The highest BCUT2D eigenvalue weighted by molar-refractivity contribution is 6.23. The van der Waals surface area contributed by atoms with Crippen LogP contribution >= 0.6 is 11.8 Å². The second kappa shape index (κ2) is 5.88. The molecule has 0 aliphatic heterocycles. The van der Waals surface area contributed by atoms with Crippen LogP contribution in [-0.2, 0) is 0 Å². The van der Waals surface area contributed by atoms with Crippen LogP contribution in [0.15, 0.2) is 30.3 Å². The molecule has 1 aromatic carbocycles. The smallest absolute Gasteiger partial charge is 0.144 e. The van der Waals surface area contributed by atoms with E-state index in [1.165, 1.54) is 37.7 Å². The Kier molecular flexibility index (Phi) is 3.97. The van der Waals surface area contributed by atoms with Crippen LogP contribution in [0.2, 0.25) is 0 Å². The zero-order valence-corrected chi connectivity index (χ0v) is 12.5. The summed E-state index contributed by atoms with van der Waals surface area (Å²) in [5, 5.41) is 4.77. The fourth-order valence-corrected chi connectivity index (χ4v) is 3.08. The largest absolute Gasteiger partial charge is 0.282 e. The molecule has 0 amide bonds. The SMILES string of the molecule is Cc1ccc(-n2nc(C3CCCCC3)cc2NCl)cc1. The van der Waals surface area contributed by atoms with Crippen molar-refractivity contribution < 1.29 is 0 Å². The van der Waals surface area contributed by atoms with Gasteiger partial charge in [-0.1, -0.05) is 37.0 Å². The van der Waals surface area contributed by atoms with E-state index in [2.05, 4.69) is 42.1 Å². The van der Waals surface area contributed by atoms with Gasteiger partial charge in [-0.15, -0.1) is 0 Å². The Morgan fingerprint density at radius 3 is 2.50 bits per heavy atom. The molecule has 2 aromatic rings. The second-order valence-electron chi connectivity index (χ2n) is 5.63. The van der Waals surface area contributed by atoms with Crippen molar-refractivity contribution in [3.8, 4) is 5.69 Å². The molecule has 1 heterocycles. The van der Waals surface area contributed by atoms with E-state index < -0.39 is 0 Å². The van der Waals surface area contributed by atoms with Crippen LogP contribution in [0.25, 0.3) is 5.69 Å². The minimum Gasteiger partial charge on any atom is -0.282 e. The highest BCUT2D eigenvalue weighted by Crippen LogP contribution is 2.33. The predicted octanol–water partition coefficient (Wildman–Crippen LogP) is 4.79. The molecule has 1 aromatic heterocycles. The van der Waals surface area contributed by atoms with E-state index in [1.807, 2.05) is 4.68 Å². The molecule has 20 heavy (non-hydrogen) atoms. The molecular formula is C16H20ClN3. The Hall–Kier alpha value is -1.48. The standard InChI is InChI=1S/C16H20ClN3/c1-12-7-9-14(10-8-12)20-16(18-17)11-15(19-20)13-5-3-2-4-6-13/h7-11,13,18H,2-6H2,1H3. The lowest BCUT2D eigenvalue weighted by atomic mass is 9.87. The Balaban J connectivity index is 1.93. The first-order valence-electron chi connectivity index (χ1n) is 7.31. The van der Waals surface area contributed by atoms with Crippen LogP contribution in [-0.4, -0.2) is 9.78 Å². The van der Waals surface area contributed by atoms with Gasteiger partial charge in [0.05, 0.1) is 11.4 Å². The molecule has 0 saturated heterocycles. The van der Waals surface area contributed by atoms with Gasteiger partial charge in [0.25, 0.3) is 0 Å². The van der Waals surface area contributed by atoms with Crippen molar-refractivity contribution in [2.24, 2.45) is 0 Å². The molecule has 0 radical (unpaired) electrons. The van der Waals surface area contributed by atoms with Gasteiger partial charge in [0.2, 0.25) is 0 Å². The summed E-state index contributed by atoms with van der Waals surface area (Å²) in [6.07, 6.45) is 6.46. The summed E-state index contributed by atoms with van der Waals surface area (Å²) in [4.78, 5) is 2.74. The maximum Gasteiger partial charge on any atom is 0.144 e. The first-order valence-corrected chi connectivity index (χ1v) is 7.69. The normalized spacial score (nSPS) is 16.3. The molecule has 0 bridgehead atoms. The molecule has 1 N–H and O–H groups in total. The number of rotatable bonds is 3. The number of aromatic nitrogens is 2. The van der Waals surface area contributed by atoms with E-state index in [0.717, 1.165) is 17.2 Å². The molecule has 1 saturated carbocycles. The van der Waals surface area contributed by atoms with Crippen LogP contribution in [0.4, 0.5) is 5.82 Å². The van der Waals surface area contributed by atoms with Crippen LogP contribution < -0.4 is 4.84 Å². The third-order valence-electron chi connectivity index (χ3n) is 4.13. The fraction of sp³-hybridized carbons (Fsp3) is 0.438. The molecule has 0 atom stereocenters. The maximum absolute atomic E-state index is 5.85. The summed E-state index contributed by atoms with van der Waals surface area (Å²) < 4.78 is 1.90. The van der Waals surface area contributed by atoms with Crippen LogP contribution in [0.3, 0.4) is 0 Å². The molecule has 3 rings (SSSR count). The monoisotopic (exact) mass is 289 g/mol. The zero-order valence-electron chi connectivity index (χ0n) is 11.8. The molecule has 1 aliphatic carbocycles. The zero-order chi connectivity index (χ0) is 13.9. The van der Waals surface area contributed by atoms with Gasteiger partial charge < -0.3 is 0 Å². The van der Waals surface area contributed by atoms with E-state index in [4.69, 9.17) is 16.9 Å². The van der Waals surface area contributed by atoms with Gasteiger partial charge in [0, 0.05) is 23.8 Å². The van der Waals surface area contributed by atoms with Crippen molar-refractivity contribution in [1.82, 2.24) is 9.78 Å². The summed E-state index contributed by atoms with van der Waals surface area (Å²) in [5.74, 6) is 1.43. The molecule has 0 spiro atoms. The number of nitrogens with zero attached hydrogens (tertiary/aromatic N) is 2. The van der Waals surface area contributed by atoms with Crippen molar-refractivity contribution in [2.45, 2.75) is 44.9 Å². The van der Waals surface area contributed by atoms with E-state index in [1.54, 1.807) is 0 Å². The third-order valence-corrected chi connectivity index (χ3v) is 4.32. The number of hydrogen-bond donors (Lipinski definition) is 1. The molecule has 1 fully saturated rings. The summed E-state index contributed by atoms with van der Waals surface area (Å²) in [6, 6.07) is 10.4. The van der Waals surface area contributed by atoms with Crippen molar-refractivity contribution in [2.75, 3.05) is 4.84 Å². The average molecular weight is 290 g/mol. The summed E-state index contributed by atoms with van der Waals surface area (Å²) in [5.41, 5.74) is 3.45. The lowest BCUT2D eigenvalue weighted by molar-refractivity contribution is 0.435. The first kappa shape index (κ1) is 13.5. The average Bonchev–Trinajstić information content (AvgIpc) is 2.93. The van der Waals surface area contributed by atoms with E-state index in [-0.39, 0.29) is 0 Å². The third kappa shape index (κ3) is 2.68. The lowest BCUT2D eigenvalue weighted by Crippen LogP contribution is -2.06. The van der Waals surface area contributed by atoms with E-state index >= 15 is 0 Å². The molecule has 4 heteroatoms. The maximum atomic E-state index is 5.85. The van der Waals surface area contributed by atoms with Crippen molar-refractivity contribution in [3.05, 3.63) is 41.6 Å². The molecule has 1 aliphatic rings. The minimum absolute atomic E-state index is 0.583. The summed E-state index contributed by atoms with van der Waals surface area (Å²) >= 11 is 5.85. The van der Waals surface area contributed by atoms with Gasteiger partial charge in [-0.25, -0.2) is 4.68 Å². The topological polar surface area (TPSA) is 29.9 Å². The van der Waals surface area contributed by atoms with Crippen LogP contribution in [0, 0.1) is 6.92 Å². The van der Waals surface area contributed by atoms with Crippen molar-refractivity contribution in [1.29, 1.82) is 0 Å². The molecular weight excluding hydrogens is 270 g/mol. The number of nitrogens with one attached hydrogen (secondary N) is 1. The van der Waals surface area contributed by atoms with Crippen LogP contribution in [0.5, 0.6) is 0 Å². The number of hydrogen-bond acceptors (Lipinski definition) is 2. The highest BCUT2D eigenvalue weighted by atomic mass is 35.5. The summed E-state index contributed by atoms with van der Waals surface area (Å²) in [7, 11) is 0. The predicted molar refractivity (Wildman–Crippen MR) is 83.6 cm³/mol. The van der Waals surface area contributed by atoms with Gasteiger partial charge in [-0.2, -0.15) is 5.10 Å². The quantitative estimate of drug-likeness (QED) is 0.823. The minimum atomic E-state index is 0.583. The van der Waals surface area contributed by atoms with Crippen molar-refractivity contribution >= 4 is 17.6 Å². The van der Waals surface area contributed by atoms with Gasteiger partial charge in [0.15, 0.2) is 0 Å². The highest BCUT2D eigenvalue weighted by Gasteiger charge is 2.20. The second-order valence-corrected chi connectivity index (χ2v) is 5.82. The number of benzene rings is 1. The van der Waals surface area contributed by atoms with Gasteiger partial charge >= 0.3 is 0 Å². The molecule has 3 nitrogen and oxygen atoms in total. The van der Waals surface area contributed by atoms with E-state index in [0.29, 0.717) is 5.92 Å². The van der Waals surface area contributed by atoms with Crippen LogP contribution in [0.1, 0.15) is 49.3 Å². The Bertz CT molecular complexity index is 568. The van der Waals surface area contributed by atoms with Gasteiger partial charge in [-0.05, 0) is 31.9 Å². The van der Waals surface area contributed by atoms with Gasteiger partial charge in [0.1, 0.15) is 5.82 Å². The van der Waals surface area contributed by atoms with Crippen molar-refractivity contribution in [3.63, 3.8) is 0 Å². The number of aryl methyl sites for hydroxylation is 1. The summed E-state index contributed by atoms with van der Waals surface area (Å²) in [6.45, 7) is 2.08. The number of halogens is 1. The Morgan fingerprint density at radius 2 is 1.85 bits per heavy atom.